The zero-order chi connectivity index (χ0) is 18.3. The zero-order valence-corrected chi connectivity index (χ0v) is 14.9. The molecular formula is C19H24N4O3. The summed E-state index contributed by atoms with van der Waals surface area (Å²) < 4.78 is 0. The van der Waals surface area contributed by atoms with Crippen molar-refractivity contribution in [3.05, 3.63) is 34.9 Å². The summed E-state index contributed by atoms with van der Waals surface area (Å²) in [6.45, 7) is 5.33. The first kappa shape index (κ1) is 17.2. The van der Waals surface area contributed by atoms with Crippen molar-refractivity contribution in [3.63, 3.8) is 0 Å². The fourth-order valence-electron chi connectivity index (χ4n) is 4.14. The maximum Gasteiger partial charge on any atom is 0.255 e. The molecular weight excluding hydrogens is 332 g/mol. The Morgan fingerprint density at radius 1 is 1.23 bits per heavy atom. The summed E-state index contributed by atoms with van der Waals surface area (Å²) in [5, 5.41) is 9.31. The molecule has 7 nitrogen and oxygen atoms in total. The second kappa shape index (κ2) is 6.81. The molecule has 0 aliphatic carbocycles. The van der Waals surface area contributed by atoms with E-state index in [2.05, 4.69) is 22.9 Å². The number of nitrogens with zero attached hydrogens (tertiary/aromatic N) is 1. The number of amides is 3. The van der Waals surface area contributed by atoms with Gasteiger partial charge in [0, 0.05) is 37.7 Å². The van der Waals surface area contributed by atoms with Gasteiger partial charge in [0.05, 0.1) is 0 Å². The Labute approximate surface area is 152 Å². The molecule has 3 amide bonds. The van der Waals surface area contributed by atoms with E-state index >= 15 is 0 Å². The number of imide groups is 1. The van der Waals surface area contributed by atoms with Crippen LogP contribution < -0.4 is 16.0 Å². The molecule has 0 saturated carbocycles. The summed E-state index contributed by atoms with van der Waals surface area (Å²) in [4.78, 5) is 38.0. The second-order valence-electron chi connectivity index (χ2n) is 7.47. The topological polar surface area (TPSA) is 90.5 Å². The van der Waals surface area contributed by atoms with E-state index in [0.29, 0.717) is 37.0 Å². The van der Waals surface area contributed by atoms with Crippen molar-refractivity contribution in [2.45, 2.75) is 44.9 Å². The summed E-state index contributed by atoms with van der Waals surface area (Å²) in [6, 6.07) is 5.63. The number of piperidine rings is 1. The molecule has 0 spiro atoms. The number of nitrogens with one attached hydrogen (secondary N) is 3. The molecule has 1 aromatic carbocycles. The molecule has 1 unspecified atom stereocenters. The lowest BCUT2D eigenvalue weighted by Crippen LogP contribution is -2.52. The van der Waals surface area contributed by atoms with Gasteiger partial charge in [-0.2, -0.15) is 0 Å². The maximum atomic E-state index is 12.8. The number of rotatable bonds is 4. The van der Waals surface area contributed by atoms with Gasteiger partial charge in [-0.05, 0) is 36.1 Å². The van der Waals surface area contributed by atoms with Gasteiger partial charge in [-0.3, -0.25) is 19.7 Å². The Morgan fingerprint density at radius 2 is 2.08 bits per heavy atom. The molecule has 1 aromatic rings. The van der Waals surface area contributed by atoms with Crippen LogP contribution >= 0.6 is 0 Å². The molecule has 3 aliphatic rings. The molecule has 3 aliphatic heterocycles. The van der Waals surface area contributed by atoms with Gasteiger partial charge >= 0.3 is 0 Å². The highest BCUT2D eigenvalue weighted by atomic mass is 16.2. The molecule has 0 aromatic heterocycles. The van der Waals surface area contributed by atoms with Gasteiger partial charge in [0.2, 0.25) is 11.8 Å². The van der Waals surface area contributed by atoms with E-state index in [4.69, 9.17) is 0 Å². The predicted octanol–water partition coefficient (Wildman–Crippen LogP) is 0.145. The second-order valence-corrected chi connectivity index (χ2v) is 7.47. The number of fused-ring (bicyclic) bond motifs is 1. The minimum atomic E-state index is -0.563. The SMILES string of the molecule is C[C@H]1CNC[C@@H]1NCc1cccc2c1CN(C1CCC(=O)NC1=O)C2=O. The lowest BCUT2D eigenvalue weighted by Gasteiger charge is -2.29. The Hall–Kier alpha value is -2.25. The summed E-state index contributed by atoms with van der Waals surface area (Å²) in [5.41, 5.74) is 2.77. The standard InChI is InChI=1S/C19H24N4O3/c1-11-7-20-9-15(11)21-8-12-3-2-4-13-14(12)10-23(19(13)26)16-5-6-17(24)22-18(16)25/h2-4,11,15-16,20-21H,5-10H2,1H3,(H,22,24,25)/t11-,15-,16?/m0/s1. The van der Waals surface area contributed by atoms with Crippen molar-refractivity contribution in [1.29, 1.82) is 0 Å². The fraction of sp³-hybridized carbons (Fsp3) is 0.526. The van der Waals surface area contributed by atoms with Crippen LogP contribution in [0.4, 0.5) is 0 Å². The predicted molar refractivity (Wildman–Crippen MR) is 95.1 cm³/mol. The summed E-state index contributed by atoms with van der Waals surface area (Å²) >= 11 is 0. The van der Waals surface area contributed by atoms with E-state index < -0.39 is 6.04 Å². The average molecular weight is 356 g/mol. The van der Waals surface area contributed by atoms with Gasteiger partial charge in [-0.1, -0.05) is 19.1 Å². The Bertz CT molecular complexity index is 763. The van der Waals surface area contributed by atoms with E-state index in [1.165, 1.54) is 0 Å². The van der Waals surface area contributed by atoms with Crippen molar-refractivity contribution >= 4 is 17.7 Å². The molecule has 2 fully saturated rings. The third-order valence-electron chi connectivity index (χ3n) is 5.75. The van der Waals surface area contributed by atoms with Gasteiger partial charge < -0.3 is 15.5 Å². The number of hydrogen-bond donors (Lipinski definition) is 3. The van der Waals surface area contributed by atoms with Crippen LogP contribution in [0.2, 0.25) is 0 Å². The van der Waals surface area contributed by atoms with Crippen LogP contribution in [0.1, 0.15) is 41.3 Å². The Balaban J connectivity index is 1.50. The van der Waals surface area contributed by atoms with E-state index in [-0.39, 0.29) is 24.1 Å². The number of benzene rings is 1. The summed E-state index contributed by atoms with van der Waals surface area (Å²) in [6.07, 6.45) is 0.667. The number of carbonyl (C=O) groups excluding carboxylic acids is 3. The van der Waals surface area contributed by atoms with Crippen LogP contribution in [0, 0.1) is 5.92 Å². The van der Waals surface area contributed by atoms with Gasteiger partial charge in [0.25, 0.3) is 5.91 Å². The molecule has 3 N–H and O–H groups in total. The third kappa shape index (κ3) is 3.01. The Morgan fingerprint density at radius 3 is 2.81 bits per heavy atom. The molecule has 0 radical (unpaired) electrons. The lowest BCUT2D eigenvalue weighted by atomic mass is 10.0. The largest absolute Gasteiger partial charge is 0.322 e. The van der Waals surface area contributed by atoms with Crippen LogP contribution in [0.15, 0.2) is 18.2 Å². The number of hydrogen-bond acceptors (Lipinski definition) is 5. The van der Waals surface area contributed by atoms with Crippen molar-refractivity contribution < 1.29 is 14.4 Å². The smallest absolute Gasteiger partial charge is 0.255 e. The minimum absolute atomic E-state index is 0.118. The van der Waals surface area contributed by atoms with E-state index in [0.717, 1.165) is 24.2 Å². The van der Waals surface area contributed by atoms with Gasteiger partial charge in [0.1, 0.15) is 6.04 Å². The highest BCUT2D eigenvalue weighted by molar-refractivity contribution is 6.05. The monoisotopic (exact) mass is 356 g/mol. The van der Waals surface area contributed by atoms with Crippen molar-refractivity contribution in [2.75, 3.05) is 13.1 Å². The molecule has 4 rings (SSSR count). The molecule has 7 heteroatoms. The summed E-state index contributed by atoms with van der Waals surface area (Å²) in [5.74, 6) is -0.173. The molecule has 26 heavy (non-hydrogen) atoms. The van der Waals surface area contributed by atoms with E-state index in [9.17, 15) is 14.4 Å². The van der Waals surface area contributed by atoms with Crippen molar-refractivity contribution in [1.82, 2.24) is 20.9 Å². The average Bonchev–Trinajstić information content (AvgIpc) is 3.17. The number of carbonyl (C=O) groups is 3. The molecule has 3 heterocycles. The lowest BCUT2D eigenvalue weighted by molar-refractivity contribution is -0.136. The van der Waals surface area contributed by atoms with Crippen LogP contribution in [-0.2, 0) is 22.7 Å². The molecule has 3 atom stereocenters. The van der Waals surface area contributed by atoms with Crippen LogP contribution in [0.3, 0.4) is 0 Å². The first-order chi connectivity index (χ1) is 12.5. The normalized spacial score (nSPS) is 28.4. The summed E-state index contributed by atoms with van der Waals surface area (Å²) in [7, 11) is 0. The molecule has 138 valence electrons. The van der Waals surface area contributed by atoms with Gasteiger partial charge in [-0.25, -0.2) is 0 Å². The van der Waals surface area contributed by atoms with Gasteiger partial charge in [-0.15, -0.1) is 0 Å². The maximum absolute atomic E-state index is 12.8. The molecule has 2 saturated heterocycles. The third-order valence-corrected chi connectivity index (χ3v) is 5.75. The first-order valence-corrected chi connectivity index (χ1v) is 9.24. The van der Waals surface area contributed by atoms with Crippen molar-refractivity contribution in [2.24, 2.45) is 5.92 Å². The first-order valence-electron chi connectivity index (χ1n) is 9.24. The van der Waals surface area contributed by atoms with E-state index in [1.54, 1.807) is 4.90 Å². The minimum Gasteiger partial charge on any atom is -0.322 e. The molecule has 0 bridgehead atoms. The van der Waals surface area contributed by atoms with E-state index in [1.807, 2.05) is 18.2 Å². The highest BCUT2D eigenvalue weighted by Gasteiger charge is 2.39. The zero-order valence-electron chi connectivity index (χ0n) is 14.9. The Kier molecular flexibility index (Phi) is 4.50. The van der Waals surface area contributed by atoms with Crippen LogP contribution in [0.5, 0.6) is 0 Å². The van der Waals surface area contributed by atoms with Gasteiger partial charge in [0.15, 0.2) is 0 Å². The fourth-order valence-corrected chi connectivity index (χ4v) is 4.14. The van der Waals surface area contributed by atoms with Crippen LogP contribution in [-0.4, -0.2) is 47.8 Å². The highest BCUT2D eigenvalue weighted by Crippen LogP contribution is 2.30. The van der Waals surface area contributed by atoms with Crippen molar-refractivity contribution in [3.8, 4) is 0 Å². The quantitative estimate of drug-likeness (QED) is 0.668. The van der Waals surface area contributed by atoms with Crippen LogP contribution in [0.25, 0.3) is 0 Å².